The van der Waals surface area contributed by atoms with Gasteiger partial charge in [-0.3, -0.25) is 9.69 Å². The Kier molecular flexibility index (Phi) is 3.74. The van der Waals surface area contributed by atoms with Crippen molar-refractivity contribution in [2.45, 2.75) is 31.7 Å². The molecule has 106 valence electrons. The molecule has 1 unspecified atom stereocenters. The maximum absolute atomic E-state index is 11.3. The standard InChI is InChI=1S/C16H20N2O2/c19-16(20)15-7-3-4-9-18(15)10-8-12-11-17-14-6-2-1-5-13(12)14/h1-2,5-6,11,15,17H,3-4,7-10H2,(H,19,20). The van der Waals surface area contributed by atoms with Gasteiger partial charge in [-0.1, -0.05) is 24.6 Å². The number of fused-ring (bicyclic) bond motifs is 1. The molecular weight excluding hydrogens is 252 g/mol. The third-order valence-corrected chi connectivity index (χ3v) is 4.24. The van der Waals surface area contributed by atoms with Crippen LogP contribution in [0.1, 0.15) is 24.8 Å². The van der Waals surface area contributed by atoms with Gasteiger partial charge in [-0.15, -0.1) is 0 Å². The van der Waals surface area contributed by atoms with Crippen LogP contribution < -0.4 is 0 Å². The highest BCUT2D eigenvalue weighted by atomic mass is 16.4. The number of hydrogen-bond acceptors (Lipinski definition) is 2. The van der Waals surface area contributed by atoms with Gasteiger partial charge in [0, 0.05) is 23.6 Å². The third-order valence-electron chi connectivity index (χ3n) is 4.24. The molecule has 2 N–H and O–H groups in total. The molecule has 1 fully saturated rings. The van der Waals surface area contributed by atoms with Gasteiger partial charge in [-0.05, 0) is 37.4 Å². The first-order valence-corrected chi connectivity index (χ1v) is 7.27. The van der Waals surface area contributed by atoms with Crippen LogP contribution in [0.15, 0.2) is 30.5 Å². The molecule has 0 saturated carbocycles. The molecule has 0 spiro atoms. The van der Waals surface area contributed by atoms with Gasteiger partial charge in [0.1, 0.15) is 6.04 Å². The fourth-order valence-corrected chi connectivity index (χ4v) is 3.14. The van der Waals surface area contributed by atoms with Gasteiger partial charge < -0.3 is 10.1 Å². The Balaban J connectivity index is 1.70. The number of H-pyrrole nitrogens is 1. The Morgan fingerprint density at radius 3 is 3.05 bits per heavy atom. The highest BCUT2D eigenvalue weighted by molar-refractivity contribution is 5.83. The second-order valence-electron chi connectivity index (χ2n) is 5.50. The van der Waals surface area contributed by atoms with Crippen molar-refractivity contribution in [1.82, 2.24) is 9.88 Å². The summed E-state index contributed by atoms with van der Waals surface area (Å²) in [6, 6.07) is 7.95. The topological polar surface area (TPSA) is 56.3 Å². The molecular formula is C16H20N2O2. The molecule has 2 heterocycles. The summed E-state index contributed by atoms with van der Waals surface area (Å²) in [5, 5.41) is 10.5. The molecule has 1 aromatic heterocycles. The Morgan fingerprint density at radius 1 is 1.35 bits per heavy atom. The van der Waals surface area contributed by atoms with Crippen molar-refractivity contribution >= 4 is 16.9 Å². The predicted molar refractivity (Wildman–Crippen MR) is 78.9 cm³/mol. The van der Waals surface area contributed by atoms with E-state index < -0.39 is 5.97 Å². The van der Waals surface area contributed by atoms with E-state index in [1.165, 1.54) is 10.9 Å². The van der Waals surface area contributed by atoms with Gasteiger partial charge in [0.15, 0.2) is 0 Å². The van der Waals surface area contributed by atoms with Crippen molar-refractivity contribution in [2.75, 3.05) is 13.1 Å². The van der Waals surface area contributed by atoms with E-state index in [0.717, 1.165) is 44.3 Å². The van der Waals surface area contributed by atoms with Crippen molar-refractivity contribution in [2.24, 2.45) is 0 Å². The summed E-state index contributed by atoms with van der Waals surface area (Å²) in [4.78, 5) is 16.7. The highest BCUT2D eigenvalue weighted by Crippen LogP contribution is 2.21. The summed E-state index contributed by atoms with van der Waals surface area (Å²) in [5.74, 6) is -0.677. The number of carboxylic acid groups (broad SMARTS) is 1. The van der Waals surface area contributed by atoms with Gasteiger partial charge in [0.05, 0.1) is 0 Å². The van der Waals surface area contributed by atoms with Crippen LogP contribution in [0.3, 0.4) is 0 Å². The fourth-order valence-electron chi connectivity index (χ4n) is 3.14. The van der Waals surface area contributed by atoms with Crippen molar-refractivity contribution < 1.29 is 9.90 Å². The molecule has 20 heavy (non-hydrogen) atoms. The van der Waals surface area contributed by atoms with Gasteiger partial charge in [-0.2, -0.15) is 0 Å². The third kappa shape index (κ3) is 2.56. The molecule has 1 aromatic carbocycles. The van der Waals surface area contributed by atoms with Crippen LogP contribution in [0.5, 0.6) is 0 Å². The summed E-state index contributed by atoms with van der Waals surface area (Å²) in [5.41, 5.74) is 2.42. The first kappa shape index (κ1) is 13.2. The lowest BCUT2D eigenvalue weighted by atomic mass is 10.0. The average Bonchev–Trinajstić information content (AvgIpc) is 2.88. The maximum Gasteiger partial charge on any atom is 0.320 e. The quantitative estimate of drug-likeness (QED) is 0.899. The predicted octanol–water partition coefficient (Wildman–Crippen LogP) is 2.65. The number of nitrogens with zero attached hydrogens (tertiary/aromatic N) is 1. The fraction of sp³-hybridized carbons (Fsp3) is 0.438. The van der Waals surface area contributed by atoms with Gasteiger partial charge in [0.2, 0.25) is 0 Å². The molecule has 1 aliphatic heterocycles. The van der Waals surface area contributed by atoms with Crippen molar-refractivity contribution in [3.63, 3.8) is 0 Å². The molecule has 2 aromatic rings. The van der Waals surface area contributed by atoms with E-state index in [-0.39, 0.29) is 6.04 Å². The van der Waals surface area contributed by atoms with Crippen LogP contribution in [0, 0.1) is 0 Å². The van der Waals surface area contributed by atoms with E-state index in [0.29, 0.717) is 0 Å². The number of nitrogens with one attached hydrogen (secondary N) is 1. The number of carbonyl (C=O) groups is 1. The number of rotatable bonds is 4. The number of piperidine rings is 1. The molecule has 4 heteroatoms. The Morgan fingerprint density at radius 2 is 2.20 bits per heavy atom. The highest BCUT2D eigenvalue weighted by Gasteiger charge is 2.27. The van der Waals surface area contributed by atoms with Crippen LogP contribution in [0.2, 0.25) is 0 Å². The van der Waals surface area contributed by atoms with Crippen LogP contribution in [-0.2, 0) is 11.2 Å². The molecule has 4 nitrogen and oxygen atoms in total. The minimum atomic E-state index is -0.677. The molecule has 0 aliphatic carbocycles. The number of para-hydroxylation sites is 1. The maximum atomic E-state index is 11.3. The molecule has 3 rings (SSSR count). The van der Waals surface area contributed by atoms with Crippen LogP contribution in [0.4, 0.5) is 0 Å². The SMILES string of the molecule is O=C(O)C1CCCCN1CCc1c[nH]c2ccccc12. The zero-order valence-electron chi connectivity index (χ0n) is 11.5. The zero-order chi connectivity index (χ0) is 13.9. The number of aromatic nitrogens is 1. The molecule has 1 aliphatic rings. The molecule has 1 atom stereocenters. The number of hydrogen-bond donors (Lipinski definition) is 2. The van der Waals surface area contributed by atoms with E-state index in [1.807, 2.05) is 18.3 Å². The lowest BCUT2D eigenvalue weighted by Gasteiger charge is -2.32. The summed E-state index contributed by atoms with van der Waals surface area (Å²) in [6.07, 6.45) is 5.86. The van der Waals surface area contributed by atoms with Crippen LogP contribution in [0.25, 0.3) is 10.9 Å². The van der Waals surface area contributed by atoms with Gasteiger partial charge in [0.25, 0.3) is 0 Å². The summed E-state index contributed by atoms with van der Waals surface area (Å²) < 4.78 is 0. The monoisotopic (exact) mass is 272 g/mol. The van der Waals surface area contributed by atoms with E-state index in [2.05, 4.69) is 22.0 Å². The van der Waals surface area contributed by atoms with Gasteiger partial charge >= 0.3 is 5.97 Å². The lowest BCUT2D eigenvalue weighted by Crippen LogP contribution is -2.45. The second-order valence-corrected chi connectivity index (χ2v) is 5.50. The first-order chi connectivity index (χ1) is 9.75. The number of likely N-dealkylation sites (tertiary alicyclic amines) is 1. The van der Waals surface area contributed by atoms with Gasteiger partial charge in [-0.25, -0.2) is 0 Å². The molecule has 1 saturated heterocycles. The minimum absolute atomic E-state index is 0.297. The summed E-state index contributed by atoms with van der Waals surface area (Å²) in [6.45, 7) is 1.72. The van der Waals surface area contributed by atoms with Crippen molar-refractivity contribution in [1.29, 1.82) is 0 Å². The zero-order valence-corrected chi connectivity index (χ0v) is 11.5. The van der Waals surface area contributed by atoms with Crippen molar-refractivity contribution in [3.8, 4) is 0 Å². The Labute approximate surface area is 118 Å². The number of aromatic amines is 1. The largest absolute Gasteiger partial charge is 0.480 e. The van der Waals surface area contributed by atoms with Crippen LogP contribution in [-0.4, -0.2) is 40.1 Å². The molecule has 0 radical (unpaired) electrons. The lowest BCUT2D eigenvalue weighted by molar-refractivity contribution is -0.144. The number of aliphatic carboxylic acids is 1. The Hall–Kier alpha value is -1.81. The normalized spacial score (nSPS) is 20.3. The molecule has 0 amide bonds. The number of carboxylic acids is 1. The molecule has 0 bridgehead atoms. The number of benzene rings is 1. The summed E-state index contributed by atoms with van der Waals surface area (Å²) in [7, 11) is 0. The second kappa shape index (κ2) is 5.67. The van der Waals surface area contributed by atoms with Crippen LogP contribution >= 0.6 is 0 Å². The summed E-state index contributed by atoms with van der Waals surface area (Å²) >= 11 is 0. The van der Waals surface area contributed by atoms with E-state index >= 15 is 0 Å². The Bertz CT molecular complexity index is 605. The first-order valence-electron chi connectivity index (χ1n) is 7.27. The minimum Gasteiger partial charge on any atom is -0.480 e. The van der Waals surface area contributed by atoms with E-state index in [4.69, 9.17) is 0 Å². The average molecular weight is 272 g/mol. The smallest absolute Gasteiger partial charge is 0.320 e. The van der Waals surface area contributed by atoms with E-state index in [9.17, 15) is 9.90 Å². The van der Waals surface area contributed by atoms with Crippen molar-refractivity contribution in [3.05, 3.63) is 36.0 Å². The van der Waals surface area contributed by atoms with E-state index in [1.54, 1.807) is 0 Å².